The van der Waals surface area contributed by atoms with Gasteiger partial charge in [0.1, 0.15) is 5.60 Å². The summed E-state index contributed by atoms with van der Waals surface area (Å²) >= 11 is 0. The van der Waals surface area contributed by atoms with Crippen LogP contribution in [0.15, 0.2) is 18.5 Å². The third kappa shape index (κ3) is 3.67. The highest BCUT2D eigenvalue weighted by molar-refractivity contribution is 5.89. The summed E-state index contributed by atoms with van der Waals surface area (Å²) in [7, 11) is 0. The van der Waals surface area contributed by atoms with Gasteiger partial charge in [-0.2, -0.15) is 0 Å². The average Bonchev–Trinajstić information content (AvgIpc) is 2.15. The Morgan fingerprint density at radius 2 is 2.13 bits per heavy atom. The lowest BCUT2D eigenvalue weighted by atomic mass is 10.1. The summed E-state index contributed by atoms with van der Waals surface area (Å²) in [6, 6.07) is 1.70. The van der Waals surface area contributed by atoms with E-state index in [-0.39, 0.29) is 5.97 Å². The van der Waals surface area contributed by atoms with Crippen molar-refractivity contribution >= 4 is 5.97 Å². The predicted octanol–water partition coefficient (Wildman–Crippen LogP) is 1.50. The Hall–Kier alpha value is -1.42. The first-order chi connectivity index (χ1) is 6.92. The molecule has 2 N–H and O–H groups in total. The fourth-order valence-corrected chi connectivity index (χ4v) is 1.05. The summed E-state index contributed by atoms with van der Waals surface area (Å²) in [6.45, 7) is 5.84. The highest BCUT2D eigenvalue weighted by Gasteiger charge is 2.18. The van der Waals surface area contributed by atoms with Crippen LogP contribution in [0.25, 0.3) is 0 Å². The maximum Gasteiger partial charge on any atom is 0.340 e. The van der Waals surface area contributed by atoms with E-state index in [1.807, 2.05) is 20.8 Å². The number of nitrogens with zero attached hydrogens (tertiary/aromatic N) is 1. The summed E-state index contributed by atoms with van der Waals surface area (Å²) in [6.07, 6.45) is 3.11. The molecule has 0 aliphatic heterocycles. The van der Waals surface area contributed by atoms with Crippen molar-refractivity contribution in [3.05, 3.63) is 29.6 Å². The Morgan fingerprint density at radius 1 is 1.47 bits per heavy atom. The lowest BCUT2D eigenvalue weighted by molar-refractivity contribution is 0.00690. The van der Waals surface area contributed by atoms with Gasteiger partial charge in [-0.25, -0.2) is 4.79 Å². The van der Waals surface area contributed by atoms with Gasteiger partial charge in [-0.3, -0.25) is 4.98 Å². The van der Waals surface area contributed by atoms with E-state index >= 15 is 0 Å². The topological polar surface area (TPSA) is 65.2 Å². The van der Waals surface area contributed by atoms with Crippen LogP contribution in [-0.2, 0) is 11.3 Å². The first-order valence-corrected chi connectivity index (χ1v) is 4.80. The number of hydrogen-bond acceptors (Lipinski definition) is 4. The molecule has 1 aromatic heterocycles. The number of hydrogen-bond donors (Lipinski definition) is 1. The van der Waals surface area contributed by atoms with Crippen LogP contribution >= 0.6 is 0 Å². The van der Waals surface area contributed by atoms with Crippen LogP contribution in [0.2, 0.25) is 0 Å². The van der Waals surface area contributed by atoms with Crippen LogP contribution in [0.1, 0.15) is 36.7 Å². The van der Waals surface area contributed by atoms with Crippen molar-refractivity contribution in [2.75, 3.05) is 0 Å². The molecule has 0 atom stereocenters. The minimum absolute atomic E-state index is 0.365. The Bertz CT molecular complexity index is 356. The molecule has 1 aromatic rings. The van der Waals surface area contributed by atoms with E-state index in [1.165, 1.54) is 6.20 Å². The molecule has 4 heteroatoms. The van der Waals surface area contributed by atoms with Gasteiger partial charge in [0.2, 0.25) is 0 Å². The first kappa shape index (κ1) is 11.7. The van der Waals surface area contributed by atoms with Crippen LogP contribution < -0.4 is 5.73 Å². The second-order valence-electron chi connectivity index (χ2n) is 4.29. The SMILES string of the molecule is CC(C)(C)OC(=O)c1cncc(CN)c1. The lowest BCUT2D eigenvalue weighted by Gasteiger charge is -2.19. The van der Waals surface area contributed by atoms with Crippen molar-refractivity contribution in [2.45, 2.75) is 32.9 Å². The largest absolute Gasteiger partial charge is 0.456 e. The zero-order valence-electron chi connectivity index (χ0n) is 9.28. The molecule has 0 aliphatic carbocycles. The molecule has 0 radical (unpaired) electrons. The zero-order chi connectivity index (χ0) is 11.5. The van der Waals surface area contributed by atoms with Crippen molar-refractivity contribution in [3.63, 3.8) is 0 Å². The number of esters is 1. The Morgan fingerprint density at radius 3 is 2.67 bits per heavy atom. The first-order valence-electron chi connectivity index (χ1n) is 4.80. The second kappa shape index (κ2) is 4.40. The quantitative estimate of drug-likeness (QED) is 0.748. The number of ether oxygens (including phenoxy) is 1. The smallest absolute Gasteiger partial charge is 0.340 e. The fourth-order valence-electron chi connectivity index (χ4n) is 1.05. The molecule has 0 fully saturated rings. The molecule has 0 saturated heterocycles. The van der Waals surface area contributed by atoms with E-state index in [2.05, 4.69) is 4.98 Å². The number of carbonyl (C=O) groups is 1. The Kier molecular flexibility index (Phi) is 3.42. The third-order valence-electron chi connectivity index (χ3n) is 1.67. The highest BCUT2D eigenvalue weighted by Crippen LogP contribution is 2.12. The van der Waals surface area contributed by atoms with Crippen LogP contribution in [0.3, 0.4) is 0 Å². The van der Waals surface area contributed by atoms with Gasteiger partial charge < -0.3 is 10.5 Å². The minimum Gasteiger partial charge on any atom is -0.456 e. The number of rotatable bonds is 2. The minimum atomic E-state index is -0.490. The maximum absolute atomic E-state index is 11.6. The van der Waals surface area contributed by atoms with E-state index in [0.717, 1.165) is 5.56 Å². The van der Waals surface area contributed by atoms with Gasteiger partial charge in [0.25, 0.3) is 0 Å². The van der Waals surface area contributed by atoms with Crippen LogP contribution in [0.4, 0.5) is 0 Å². The van der Waals surface area contributed by atoms with E-state index in [0.29, 0.717) is 12.1 Å². The number of aromatic nitrogens is 1. The standard InChI is InChI=1S/C11H16N2O2/c1-11(2,3)15-10(14)9-4-8(5-12)6-13-7-9/h4,6-7H,5,12H2,1-3H3. The summed E-state index contributed by atoms with van der Waals surface area (Å²) in [4.78, 5) is 15.6. The van der Waals surface area contributed by atoms with Gasteiger partial charge in [0, 0.05) is 18.9 Å². The van der Waals surface area contributed by atoms with Crippen molar-refractivity contribution in [1.29, 1.82) is 0 Å². The Balaban J connectivity index is 2.82. The normalized spacial score (nSPS) is 11.2. The summed E-state index contributed by atoms with van der Waals surface area (Å²) < 4.78 is 5.20. The molecule has 0 aliphatic rings. The lowest BCUT2D eigenvalue weighted by Crippen LogP contribution is -2.24. The molecule has 0 aromatic carbocycles. The van der Waals surface area contributed by atoms with E-state index in [9.17, 15) is 4.79 Å². The van der Waals surface area contributed by atoms with Gasteiger partial charge in [0.05, 0.1) is 5.56 Å². The zero-order valence-corrected chi connectivity index (χ0v) is 9.28. The van der Waals surface area contributed by atoms with Crippen molar-refractivity contribution in [3.8, 4) is 0 Å². The summed E-state index contributed by atoms with van der Waals surface area (Å²) in [5.41, 5.74) is 6.22. The summed E-state index contributed by atoms with van der Waals surface area (Å²) in [5, 5.41) is 0. The van der Waals surface area contributed by atoms with E-state index < -0.39 is 5.60 Å². The van der Waals surface area contributed by atoms with Gasteiger partial charge in [-0.05, 0) is 32.4 Å². The van der Waals surface area contributed by atoms with Gasteiger partial charge >= 0.3 is 5.97 Å². The molecule has 0 saturated carbocycles. The molecule has 82 valence electrons. The molecular weight excluding hydrogens is 192 g/mol. The molecular formula is C11H16N2O2. The number of nitrogens with two attached hydrogens (primary N) is 1. The van der Waals surface area contributed by atoms with Crippen LogP contribution in [0, 0.1) is 0 Å². The van der Waals surface area contributed by atoms with Gasteiger partial charge in [-0.1, -0.05) is 0 Å². The number of pyridine rings is 1. The molecule has 1 rings (SSSR count). The molecule has 0 spiro atoms. The predicted molar refractivity (Wildman–Crippen MR) is 57.3 cm³/mol. The van der Waals surface area contributed by atoms with Crippen LogP contribution in [0.5, 0.6) is 0 Å². The maximum atomic E-state index is 11.6. The molecule has 15 heavy (non-hydrogen) atoms. The fraction of sp³-hybridized carbons (Fsp3) is 0.455. The molecule has 0 unspecified atom stereocenters. The van der Waals surface area contributed by atoms with Crippen molar-refractivity contribution in [2.24, 2.45) is 5.73 Å². The highest BCUT2D eigenvalue weighted by atomic mass is 16.6. The van der Waals surface area contributed by atoms with Gasteiger partial charge in [0.15, 0.2) is 0 Å². The third-order valence-corrected chi connectivity index (χ3v) is 1.67. The average molecular weight is 208 g/mol. The molecule has 0 amide bonds. The second-order valence-corrected chi connectivity index (χ2v) is 4.29. The van der Waals surface area contributed by atoms with Gasteiger partial charge in [-0.15, -0.1) is 0 Å². The summed E-state index contributed by atoms with van der Waals surface area (Å²) in [5.74, 6) is -0.370. The Labute approximate surface area is 89.5 Å². The monoisotopic (exact) mass is 208 g/mol. The molecule has 1 heterocycles. The van der Waals surface area contributed by atoms with E-state index in [1.54, 1.807) is 12.3 Å². The van der Waals surface area contributed by atoms with Crippen LogP contribution in [-0.4, -0.2) is 16.6 Å². The van der Waals surface area contributed by atoms with Crippen molar-refractivity contribution < 1.29 is 9.53 Å². The number of carbonyl (C=O) groups excluding carboxylic acids is 1. The van der Waals surface area contributed by atoms with E-state index in [4.69, 9.17) is 10.5 Å². The van der Waals surface area contributed by atoms with Crippen molar-refractivity contribution in [1.82, 2.24) is 4.98 Å². The molecule has 0 bridgehead atoms. The molecule has 4 nitrogen and oxygen atoms in total.